The van der Waals surface area contributed by atoms with Crippen molar-refractivity contribution in [1.82, 2.24) is 5.32 Å². The number of benzene rings is 2. The molecule has 106 valence electrons. The Bertz CT molecular complexity index is 604. The van der Waals surface area contributed by atoms with E-state index >= 15 is 0 Å². The third-order valence-electron chi connectivity index (χ3n) is 2.70. The molecule has 2 rings (SSSR count). The third-order valence-corrected chi connectivity index (χ3v) is 3.19. The first-order valence-electron chi connectivity index (χ1n) is 6.22. The van der Waals surface area contributed by atoms with Gasteiger partial charge in [-0.15, -0.1) is 0 Å². The highest BCUT2D eigenvalue weighted by atomic mass is 79.9. The highest BCUT2D eigenvalue weighted by Crippen LogP contribution is 2.30. The molecule has 2 aromatic rings. The third kappa shape index (κ3) is 3.77. The second kappa shape index (κ2) is 6.81. The molecule has 0 saturated heterocycles. The van der Waals surface area contributed by atoms with Crippen LogP contribution in [0.3, 0.4) is 0 Å². The molecule has 0 spiro atoms. The Hall–Kier alpha value is -1.46. The van der Waals surface area contributed by atoms with Crippen LogP contribution in [0.5, 0.6) is 11.5 Å². The van der Waals surface area contributed by atoms with E-state index in [1.165, 1.54) is 30.3 Å². The first-order valence-corrected chi connectivity index (χ1v) is 7.01. The van der Waals surface area contributed by atoms with E-state index < -0.39 is 5.82 Å². The number of hydrogen-bond donors (Lipinski definition) is 1. The summed E-state index contributed by atoms with van der Waals surface area (Å²) in [6.45, 7) is 3.16. The summed E-state index contributed by atoms with van der Waals surface area (Å²) in [5.74, 6) is -0.278. The zero-order chi connectivity index (χ0) is 14.5. The van der Waals surface area contributed by atoms with Gasteiger partial charge in [0.2, 0.25) is 0 Å². The van der Waals surface area contributed by atoms with Gasteiger partial charge >= 0.3 is 0 Å². The van der Waals surface area contributed by atoms with E-state index in [2.05, 4.69) is 21.2 Å². The number of halogens is 3. The molecule has 0 atom stereocenters. The van der Waals surface area contributed by atoms with Gasteiger partial charge in [0.15, 0.2) is 11.6 Å². The minimum Gasteiger partial charge on any atom is -0.454 e. The van der Waals surface area contributed by atoms with Crippen molar-refractivity contribution in [1.29, 1.82) is 0 Å². The van der Waals surface area contributed by atoms with E-state index in [9.17, 15) is 8.78 Å². The second-order valence-electron chi connectivity index (χ2n) is 4.21. The highest BCUT2D eigenvalue weighted by Gasteiger charge is 2.10. The summed E-state index contributed by atoms with van der Waals surface area (Å²) >= 11 is 3.26. The predicted octanol–water partition coefficient (Wildman–Crippen LogP) is 4.63. The molecule has 0 radical (unpaired) electrons. The van der Waals surface area contributed by atoms with Crippen molar-refractivity contribution in [2.24, 2.45) is 0 Å². The summed E-state index contributed by atoms with van der Waals surface area (Å²) in [4.78, 5) is 0. The fourth-order valence-electron chi connectivity index (χ4n) is 1.72. The number of ether oxygens (including phenoxy) is 1. The summed E-state index contributed by atoms with van der Waals surface area (Å²) < 4.78 is 33.2. The SMILES string of the molecule is CCNCc1cc(F)ccc1Oc1cc(Br)ccc1F. The molecule has 5 heteroatoms. The van der Waals surface area contributed by atoms with Crippen molar-refractivity contribution in [2.75, 3.05) is 6.54 Å². The first kappa shape index (κ1) is 14.9. The van der Waals surface area contributed by atoms with Crippen LogP contribution >= 0.6 is 15.9 Å². The fraction of sp³-hybridized carbons (Fsp3) is 0.200. The summed E-state index contributed by atoms with van der Waals surface area (Å²) in [6.07, 6.45) is 0. The largest absolute Gasteiger partial charge is 0.454 e. The molecule has 0 fully saturated rings. The average molecular weight is 342 g/mol. The molecule has 0 unspecified atom stereocenters. The Labute approximate surface area is 124 Å². The Kier molecular flexibility index (Phi) is 5.09. The van der Waals surface area contributed by atoms with Crippen LogP contribution in [0.1, 0.15) is 12.5 Å². The van der Waals surface area contributed by atoms with E-state index in [0.29, 0.717) is 22.3 Å². The van der Waals surface area contributed by atoms with E-state index in [1.54, 1.807) is 6.07 Å². The van der Waals surface area contributed by atoms with Crippen molar-refractivity contribution in [2.45, 2.75) is 13.5 Å². The van der Waals surface area contributed by atoms with Crippen molar-refractivity contribution in [3.05, 3.63) is 58.1 Å². The normalized spacial score (nSPS) is 10.6. The van der Waals surface area contributed by atoms with Gasteiger partial charge in [-0.2, -0.15) is 0 Å². The molecule has 0 aromatic heterocycles. The zero-order valence-corrected chi connectivity index (χ0v) is 12.5. The monoisotopic (exact) mass is 341 g/mol. The second-order valence-corrected chi connectivity index (χ2v) is 5.12. The lowest BCUT2D eigenvalue weighted by Gasteiger charge is -2.12. The van der Waals surface area contributed by atoms with Crippen molar-refractivity contribution < 1.29 is 13.5 Å². The lowest BCUT2D eigenvalue weighted by molar-refractivity contribution is 0.434. The fourth-order valence-corrected chi connectivity index (χ4v) is 2.06. The van der Waals surface area contributed by atoms with Crippen LogP contribution < -0.4 is 10.1 Å². The van der Waals surface area contributed by atoms with Gasteiger partial charge in [0.05, 0.1) is 0 Å². The van der Waals surface area contributed by atoms with Gasteiger partial charge in [-0.25, -0.2) is 8.78 Å². The number of rotatable bonds is 5. The van der Waals surface area contributed by atoms with Crippen LogP contribution in [-0.4, -0.2) is 6.54 Å². The molecular formula is C15H14BrF2NO. The molecule has 0 aliphatic carbocycles. The quantitative estimate of drug-likeness (QED) is 0.856. The maximum Gasteiger partial charge on any atom is 0.165 e. The molecule has 20 heavy (non-hydrogen) atoms. The van der Waals surface area contributed by atoms with Gasteiger partial charge in [-0.3, -0.25) is 0 Å². The summed E-state index contributed by atoms with van der Waals surface area (Å²) in [7, 11) is 0. The first-order chi connectivity index (χ1) is 9.60. The van der Waals surface area contributed by atoms with Crippen molar-refractivity contribution >= 4 is 15.9 Å². The molecule has 0 bridgehead atoms. The molecule has 0 heterocycles. The molecular weight excluding hydrogens is 328 g/mol. The smallest absolute Gasteiger partial charge is 0.165 e. The minimum atomic E-state index is -0.466. The minimum absolute atomic E-state index is 0.101. The summed E-state index contributed by atoms with van der Waals surface area (Å²) in [6, 6.07) is 8.62. The van der Waals surface area contributed by atoms with Gasteiger partial charge < -0.3 is 10.1 Å². The summed E-state index contributed by atoms with van der Waals surface area (Å²) in [5.41, 5.74) is 0.645. The summed E-state index contributed by atoms with van der Waals surface area (Å²) in [5, 5.41) is 3.09. The van der Waals surface area contributed by atoms with E-state index in [4.69, 9.17) is 4.74 Å². The van der Waals surface area contributed by atoms with Crippen LogP contribution in [0.4, 0.5) is 8.78 Å². The van der Waals surface area contributed by atoms with E-state index in [1.807, 2.05) is 6.92 Å². The molecule has 2 nitrogen and oxygen atoms in total. The van der Waals surface area contributed by atoms with Crippen molar-refractivity contribution in [3.8, 4) is 11.5 Å². The predicted molar refractivity (Wildman–Crippen MR) is 78.0 cm³/mol. The van der Waals surface area contributed by atoms with Gasteiger partial charge in [-0.1, -0.05) is 22.9 Å². The average Bonchev–Trinajstić information content (AvgIpc) is 2.43. The van der Waals surface area contributed by atoms with Crippen LogP contribution in [0.2, 0.25) is 0 Å². The highest BCUT2D eigenvalue weighted by molar-refractivity contribution is 9.10. The molecule has 2 aromatic carbocycles. The van der Waals surface area contributed by atoms with Crippen LogP contribution in [0, 0.1) is 11.6 Å². The van der Waals surface area contributed by atoms with Crippen molar-refractivity contribution in [3.63, 3.8) is 0 Å². The zero-order valence-electron chi connectivity index (χ0n) is 10.9. The van der Waals surface area contributed by atoms with Gasteiger partial charge in [0.25, 0.3) is 0 Å². The topological polar surface area (TPSA) is 21.3 Å². The standard InChI is InChI=1S/C15H14BrF2NO/c1-2-19-9-10-7-12(17)4-6-14(10)20-15-8-11(16)3-5-13(15)18/h3-8,19H,2,9H2,1H3. The number of nitrogens with one attached hydrogen (secondary N) is 1. The lowest BCUT2D eigenvalue weighted by Crippen LogP contribution is -2.12. The van der Waals surface area contributed by atoms with Crippen LogP contribution in [-0.2, 0) is 6.54 Å². The van der Waals surface area contributed by atoms with Crippen LogP contribution in [0.25, 0.3) is 0 Å². The maximum absolute atomic E-state index is 13.7. The Morgan fingerprint density at radius 3 is 2.65 bits per heavy atom. The maximum atomic E-state index is 13.7. The molecule has 1 N–H and O–H groups in total. The lowest BCUT2D eigenvalue weighted by atomic mass is 10.2. The van der Waals surface area contributed by atoms with Gasteiger partial charge in [0.1, 0.15) is 11.6 Å². The van der Waals surface area contributed by atoms with Gasteiger partial charge in [-0.05, 0) is 42.9 Å². The Morgan fingerprint density at radius 1 is 1.10 bits per heavy atom. The van der Waals surface area contributed by atoms with E-state index in [0.717, 1.165) is 6.54 Å². The van der Waals surface area contributed by atoms with Crippen LogP contribution in [0.15, 0.2) is 40.9 Å². The van der Waals surface area contributed by atoms with E-state index in [-0.39, 0.29) is 11.6 Å². The molecule has 0 aliphatic rings. The molecule has 0 aliphatic heterocycles. The van der Waals surface area contributed by atoms with Gasteiger partial charge in [0, 0.05) is 16.6 Å². The number of hydrogen-bond acceptors (Lipinski definition) is 2. The Morgan fingerprint density at radius 2 is 1.90 bits per heavy atom. The Balaban J connectivity index is 2.30. The molecule has 0 amide bonds. The molecule has 0 saturated carbocycles.